The zero-order chi connectivity index (χ0) is 19.2. The number of rotatable bonds is 2. The molecule has 7 heteroatoms. The summed E-state index contributed by atoms with van der Waals surface area (Å²) in [5, 5.41) is 16.5. The van der Waals surface area contributed by atoms with Crippen LogP contribution >= 0.6 is 0 Å². The highest BCUT2D eigenvalue weighted by molar-refractivity contribution is 6.12. The lowest BCUT2D eigenvalue weighted by Gasteiger charge is -2.14. The van der Waals surface area contributed by atoms with Crippen LogP contribution in [0.2, 0.25) is 0 Å². The Balaban J connectivity index is 0.000000159. The Bertz CT molecular complexity index is 988. The number of oxazole rings is 1. The van der Waals surface area contributed by atoms with E-state index in [2.05, 4.69) is 22.1 Å². The van der Waals surface area contributed by atoms with E-state index >= 15 is 0 Å². The van der Waals surface area contributed by atoms with Gasteiger partial charge in [-0.3, -0.25) is 5.41 Å². The lowest BCUT2D eigenvalue weighted by atomic mass is 9.91. The largest absolute Gasteiger partial charge is 0.442 e. The van der Waals surface area contributed by atoms with Gasteiger partial charge in [0.1, 0.15) is 11.5 Å². The van der Waals surface area contributed by atoms with Gasteiger partial charge in [0.25, 0.3) is 0 Å². The highest BCUT2D eigenvalue weighted by atomic mass is 16.3. The number of nitriles is 1. The van der Waals surface area contributed by atoms with Crippen molar-refractivity contribution < 1.29 is 4.42 Å². The van der Waals surface area contributed by atoms with E-state index < -0.39 is 0 Å². The lowest BCUT2D eigenvalue weighted by Crippen LogP contribution is -2.06. The van der Waals surface area contributed by atoms with Crippen LogP contribution in [0.5, 0.6) is 0 Å². The number of nitrogens with two attached hydrogens (primary N) is 2. The zero-order valence-corrected chi connectivity index (χ0v) is 14.8. The van der Waals surface area contributed by atoms with Crippen molar-refractivity contribution in [1.82, 2.24) is 9.97 Å². The third-order valence-corrected chi connectivity index (χ3v) is 4.38. The molecular formula is C20H20N6O. The number of anilines is 2. The summed E-state index contributed by atoms with van der Waals surface area (Å²) < 4.78 is 4.99. The number of fused-ring (bicyclic) bond motifs is 1. The van der Waals surface area contributed by atoms with E-state index in [1.165, 1.54) is 55.2 Å². The maximum absolute atomic E-state index is 8.69. The summed E-state index contributed by atoms with van der Waals surface area (Å²) >= 11 is 0. The van der Waals surface area contributed by atoms with Gasteiger partial charge in [-0.15, -0.1) is 0 Å². The summed E-state index contributed by atoms with van der Waals surface area (Å²) in [6, 6.07) is 9.77. The highest BCUT2D eigenvalue weighted by Gasteiger charge is 2.12. The maximum atomic E-state index is 8.69. The lowest BCUT2D eigenvalue weighted by molar-refractivity contribution is 0.548. The number of benzene rings is 1. The molecule has 1 aromatic carbocycles. The second-order valence-corrected chi connectivity index (χ2v) is 6.24. The number of nitrogens with zero attached hydrogens (tertiary/aromatic N) is 3. The molecule has 0 saturated carbocycles. The summed E-state index contributed by atoms with van der Waals surface area (Å²) in [4.78, 5) is 7.54. The number of aryl methyl sites for hydroxylation is 2. The van der Waals surface area contributed by atoms with Gasteiger partial charge in [0.2, 0.25) is 0 Å². The average molecular weight is 360 g/mol. The molecule has 1 aliphatic rings. The maximum Gasteiger partial charge on any atom is 0.181 e. The normalized spacial score (nSPS) is 12.3. The van der Waals surface area contributed by atoms with Crippen LogP contribution in [0.25, 0.3) is 0 Å². The summed E-state index contributed by atoms with van der Waals surface area (Å²) in [5.74, 6) is 0.649. The van der Waals surface area contributed by atoms with Gasteiger partial charge in [0.15, 0.2) is 12.2 Å². The number of nitrogens with one attached hydrogen (secondary N) is 1. The van der Waals surface area contributed by atoms with Gasteiger partial charge in [-0.1, -0.05) is 6.07 Å². The number of pyridine rings is 1. The van der Waals surface area contributed by atoms with Crippen molar-refractivity contribution in [2.24, 2.45) is 0 Å². The molecule has 0 radical (unpaired) electrons. The zero-order valence-electron chi connectivity index (χ0n) is 14.8. The standard InChI is InChI=1S/C11H11N.C9H9N5O/c12-8-9-5-6-10-3-1-2-4-11(10)7-9;10-6-2-14-8(11)1-5(6)9(12)7-3-13-4-15-7/h5-7H,1-4H2;1-4,12H,10H2,(H2,11,14). The van der Waals surface area contributed by atoms with Crippen molar-refractivity contribution in [2.75, 3.05) is 11.5 Å². The third-order valence-electron chi connectivity index (χ3n) is 4.38. The first-order chi connectivity index (χ1) is 13.1. The van der Waals surface area contributed by atoms with Crippen LogP contribution in [0, 0.1) is 16.7 Å². The molecule has 0 atom stereocenters. The van der Waals surface area contributed by atoms with Crippen molar-refractivity contribution in [3.8, 4) is 6.07 Å². The number of hydrogen-bond donors (Lipinski definition) is 3. The van der Waals surface area contributed by atoms with Crippen LogP contribution < -0.4 is 11.5 Å². The van der Waals surface area contributed by atoms with Crippen LogP contribution in [0.15, 0.2) is 47.5 Å². The third kappa shape index (κ3) is 4.30. The Morgan fingerprint density at radius 3 is 2.59 bits per heavy atom. The van der Waals surface area contributed by atoms with Crippen LogP contribution in [-0.2, 0) is 12.8 Å². The molecule has 0 saturated heterocycles. The van der Waals surface area contributed by atoms with E-state index in [9.17, 15) is 0 Å². The molecule has 0 amide bonds. The number of nitrogen functional groups attached to an aromatic ring is 2. The molecule has 2 aromatic heterocycles. The van der Waals surface area contributed by atoms with Crippen LogP contribution in [-0.4, -0.2) is 15.7 Å². The van der Waals surface area contributed by atoms with E-state index in [1.54, 1.807) is 0 Å². The van der Waals surface area contributed by atoms with E-state index in [1.807, 2.05) is 12.1 Å². The van der Waals surface area contributed by atoms with Gasteiger partial charge in [0.05, 0.1) is 29.7 Å². The Morgan fingerprint density at radius 1 is 1.11 bits per heavy atom. The molecule has 0 aliphatic heterocycles. The van der Waals surface area contributed by atoms with E-state index in [-0.39, 0.29) is 5.71 Å². The smallest absolute Gasteiger partial charge is 0.181 e. The average Bonchev–Trinajstić information content (AvgIpc) is 3.24. The van der Waals surface area contributed by atoms with Crippen molar-refractivity contribution in [2.45, 2.75) is 25.7 Å². The molecule has 4 rings (SSSR count). The molecule has 3 aromatic rings. The fourth-order valence-corrected chi connectivity index (χ4v) is 2.97. The topological polar surface area (TPSA) is 139 Å². The fraction of sp³-hybridized carbons (Fsp3) is 0.200. The first-order valence-corrected chi connectivity index (χ1v) is 8.59. The van der Waals surface area contributed by atoms with Gasteiger partial charge in [-0.2, -0.15) is 5.26 Å². The molecule has 27 heavy (non-hydrogen) atoms. The van der Waals surface area contributed by atoms with Crippen molar-refractivity contribution in [3.05, 3.63) is 71.1 Å². The van der Waals surface area contributed by atoms with E-state index in [4.69, 9.17) is 26.6 Å². The van der Waals surface area contributed by atoms with Crippen molar-refractivity contribution in [1.29, 1.82) is 10.7 Å². The molecule has 5 N–H and O–H groups in total. The molecule has 2 heterocycles. The van der Waals surface area contributed by atoms with E-state index in [0.29, 0.717) is 22.8 Å². The minimum Gasteiger partial charge on any atom is -0.442 e. The molecule has 0 bridgehead atoms. The Labute approximate surface area is 157 Å². The Kier molecular flexibility index (Phi) is 5.47. The Morgan fingerprint density at radius 2 is 1.89 bits per heavy atom. The Hall–Kier alpha value is -3.66. The molecule has 136 valence electrons. The second kappa shape index (κ2) is 8.15. The predicted molar refractivity (Wildman–Crippen MR) is 103 cm³/mol. The fourth-order valence-electron chi connectivity index (χ4n) is 2.97. The first-order valence-electron chi connectivity index (χ1n) is 8.59. The summed E-state index contributed by atoms with van der Waals surface area (Å²) in [5.41, 5.74) is 15.8. The summed E-state index contributed by atoms with van der Waals surface area (Å²) in [6.07, 6.45) is 9.05. The van der Waals surface area contributed by atoms with Crippen LogP contribution in [0.4, 0.5) is 11.5 Å². The molecule has 7 nitrogen and oxygen atoms in total. The van der Waals surface area contributed by atoms with Crippen molar-refractivity contribution in [3.63, 3.8) is 0 Å². The highest BCUT2D eigenvalue weighted by Crippen LogP contribution is 2.21. The molecule has 0 fully saturated rings. The molecular weight excluding hydrogens is 340 g/mol. The first kappa shape index (κ1) is 18.1. The van der Waals surface area contributed by atoms with Crippen LogP contribution in [0.3, 0.4) is 0 Å². The van der Waals surface area contributed by atoms with Crippen LogP contribution in [0.1, 0.15) is 40.9 Å². The van der Waals surface area contributed by atoms with Gasteiger partial charge >= 0.3 is 0 Å². The summed E-state index contributed by atoms with van der Waals surface area (Å²) in [6.45, 7) is 0. The summed E-state index contributed by atoms with van der Waals surface area (Å²) in [7, 11) is 0. The second-order valence-electron chi connectivity index (χ2n) is 6.24. The quantitative estimate of drug-likeness (QED) is 0.600. The van der Waals surface area contributed by atoms with E-state index in [0.717, 1.165) is 12.0 Å². The predicted octanol–water partition coefficient (Wildman–Crippen LogP) is 3.09. The van der Waals surface area contributed by atoms with Gasteiger partial charge in [-0.05, 0) is 55.0 Å². The van der Waals surface area contributed by atoms with Crippen molar-refractivity contribution >= 4 is 17.2 Å². The number of hydrogen-bond acceptors (Lipinski definition) is 7. The van der Waals surface area contributed by atoms with Gasteiger partial charge in [-0.25, -0.2) is 9.97 Å². The van der Waals surface area contributed by atoms with Gasteiger partial charge < -0.3 is 15.9 Å². The minimum atomic E-state index is 0.138. The number of aromatic nitrogens is 2. The SMILES string of the molecule is N#Cc1ccc2c(c1)CCCC2.N=C(c1cnco1)c1cc(N)ncc1N. The molecule has 0 unspecified atom stereocenters. The molecule has 1 aliphatic carbocycles. The monoisotopic (exact) mass is 360 g/mol. The van der Waals surface area contributed by atoms with Gasteiger partial charge in [0, 0.05) is 5.56 Å². The minimum absolute atomic E-state index is 0.138. The molecule has 0 spiro atoms.